The predicted molar refractivity (Wildman–Crippen MR) is 122 cm³/mol. The van der Waals surface area contributed by atoms with E-state index in [1.807, 2.05) is 30.3 Å². The Hall–Kier alpha value is -4.30. The minimum atomic E-state index is -0.988. The van der Waals surface area contributed by atoms with Gasteiger partial charge in [-0.3, -0.25) is 24.5 Å². The van der Waals surface area contributed by atoms with E-state index in [1.165, 1.54) is 6.07 Å². The van der Waals surface area contributed by atoms with Crippen molar-refractivity contribution in [1.82, 2.24) is 0 Å². The highest BCUT2D eigenvalue weighted by molar-refractivity contribution is 6.24. The maximum absolute atomic E-state index is 13.4. The van der Waals surface area contributed by atoms with Crippen LogP contribution in [-0.2, 0) is 14.4 Å². The molecule has 0 saturated carbocycles. The Morgan fingerprint density at radius 2 is 1.42 bits per heavy atom. The average molecular weight is 441 g/mol. The second-order valence-corrected chi connectivity index (χ2v) is 7.73. The van der Waals surface area contributed by atoms with Gasteiger partial charge in [-0.25, -0.2) is 9.96 Å². The number of imide groups is 1. The molecule has 2 amide bonds. The fourth-order valence-electron chi connectivity index (χ4n) is 4.28. The first kappa shape index (κ1) is 20.6. The van der Waals surface area contributed by atoms with Gasteiger partial charge in [0.05, 0.1) is 27.9 Å². The zero-order valence-electron chi connectivity index (χ0n) is 17.4. The molecule has 3 aromatic carbocycles. The van der Waals surface area contributed by atoms with Crippen LogP contribution in [0.5, 0.6) is 0 Å². The summed E-state index contributed by atoms with van der Waals surface area (Å²) in [7, 11) is 0. The first-order valence-electron chi connectivity index (χ1n) is 10.4. The van der Waals surface area contributed by atoms with Crippen molar-refractivity contribution in [2.75, 3.05) is 9.96 Å². The third-order valence-corrected chi connectivity index (χ3v) is 5.79. The van der Waals surface area contributed by atoms with Crippen molar-refractivity contribution in [3.8, 4) is 0 Å². The summed E-state index contributed by atoms with van der Waals surface area (Å²) in [5, 5.41) is 13.0. The van der Waals surface area contributed by atoms with E-state index >= 15 is 0 Å². The van der Waals surface area contributed by atoms with E-state index in [9.17, 15) is 19.7 Å². The third-order valence-electron chi connectivity index (χ3n) is 5.79. The third kappa shape index (κ3) is 3.56. The molecule has 2 saturated heterocycles. The zero-order valence-corrected chi connectivity index (χ0v) is 17.4. The minimum absolute atomic E-state index is 0.0461. The fraction of sp³-hybridized carbons (Fsp3) is 0.120. The predicted octanol–water partition coefficient (Wildman–Crippen LogP) is 3.99. The van der Waals surface area contributed by atoms with Gasteiger partial charge in [0.2, 0.25) is 5.91 Å². The average Bonchev–Trinajstić information content (AvgIpc) is 3.34. The summed E-state index contributed by atoms with van der Waals surface area (Å²) in [5.41, 5.74) is 1.51. The van der Waals surface area contributed by atoms with Gasteiger partial charge in [-0.2, -0.15) is 0 Å². The number of anilines is 2. The maximum atomic E-state index is 13.4. The van der Waals surface area contributed by atoms with Crippen LogP contribution < -0.4 is 9.96 Å². The number of hydroxylamine groups is 1. The van der Waals surface area contributed by atoms with E-state index in [0.717, 1.165) is 4.90 Å². The van der Waals surface area contributed by atoms with Gasteiger partial charge in [-0.15, -0.1) is 0 Å². The van der Waals surface area contributed by atoms with Crippen LogP contribution in [0.25, 0.3) is 6.08 Å². The van der Waals surface area contributed by atoms with Crippen LogP contribution in [0.3, 0.4) is 0 Å². The molecule has 2 aliphatic rings. The molecule has 3 aromatic rings. The van der Waals surface area contributed by atoms with Gasteiger partial charge in [0.25, 0.3) is 11.6 Å². The van der Waals surface area contributed by atoms with Crippen LogP contribution in [0.4, 0.5) is 17.1 Å². The number of nitro benzene ring substituents is 1. The van der Waals surface area contributed by atoms with Gasteiger partial charge < -0.3 is 0 Å². The Balaban J connectivity index is 1.55. The van der Waals surface area contributed by atoms with Gasteiger partial charge in [-0.1, -0.05) is 54.6 Å². The lowest BCUT2D eigenvalue weighted by Gasteiger charge is -2.26. The summed E-state index contributed by atoms with van der Waals surface area (Å²) in [6, 6.07) is 23.6. The smallest absolute Gasteiger partial charge is 0.273 e. The van der Waals surface area contributed by atoms with E-state index in [4.69, 9.17) is 4.84 Å². The molecule has 0 bridgehead atoms. The lowest BCUT2D eigenvalue weighted by atomic mass is 9.95. The number of carbonyl (C=O) groups excluding carboxylic acids is 2. The van der Waals surface area contributed by atoms with Crippen LogP contribution >= 0.6 is 0 Å². The summed E-state index contributed by atoms with van der Waals surface area (Å²) < 4.78 is 0. The molecule has 0 unspecified atom stereocenters. The molecule has 2 aliphatic heterocycles. The van der Waals surface area contributed by atoms with E-state index < -0.39 is 28.9 Å². The molecule has 0 aliphatic carbocycles. The van der Waals surface area contributed by atoms with Gasteiger partial charge >= 0.3 is 0 Å². The quantitative estimate of drug-likeness (QED) is 0.338. The number of hydrogen-bond acceptors (Lipinski definition) is 6. The Morgan fingerprint density at radius 1 is 0.818 bits per heavy atom. The second kappa shape index (κ2) is 8.33. The molecule has 2 fully saturated rings. The molecule has 0 aromatic heterocycles. The number of para-hydroxylation sites is 3. The van der Waals surface area contributed by atoms with Gasteiger partial charge in [0.1, 0.15) is 5.92 Å². The van der Waals surface area contributed by atoms with Crippen molar-refractivity contribution >= 4 is 35.0 Å². The van der Waals surface area contributed by atoms with Crippen molar-refractivity contribution < 1.29 is 19.3 Å². The van der Waals surface area contributed by atoms with Crippen LogP contribution in [0.15, 0.2) is 91.0 Å². The molecule has 0 radical (unpaired) electrons. The Morgan fingerprint density at radius 3 is 2.09 bits per heavy atom. The number of nitrogens with zero attached hydrogens (tertiary/aromatic N) is 3. The molecule has 0 spiro atoms. The van der Waals surface area contributed by atoms with Crippen molar-refractivity contribution in [3.63, 3.8) is 0 Å². The molecular weight excluding hydrogens is 422 g/mol. The van der Waals surface area contributed by atoms with Crippen molar-refractivity contribution in [1.29, 1.82) is 0 Å². The highest BCUT2D eigenvalue weighted by Crippen LogP contribution is 2.41. The monoisotopic (exact) mass is 441 g/mol. The summed E-state index contributed by atoms with van der Waals surface area (Å²) >= 11 is 0. The largest absolute Gasteiger partial charge is 0.276 e. The minimum Gasteiger partial charge on any atom is -0.273 e. The van der Waals surface area contributed by atoms with E-state index in [1.54, 1.807) is 65.7 Å². The van der Waals surface area contributed by atoms with E-state index in [-0.39, 0.29) is 11.6 Å². The van der Waals surface area contributed by atoms with Crippen LogP contribution in [0.1, 0.15) is 5.56 Å². The SMILES string of the molecule is O=C1[C@H]2[C@@H](/C=C/c3ccccc3[N+](=O)[O-])N(c3ccccc3)O[C@H]2C(=O)N1c1ccccc1. The number of carbonyl (C=O) groups is 2. The van der Waals surface area contributed by atoms with Crippen molar-refractivity contribution in [2.24, 2.45) is 5.92 Å². The van der Waals surface area contributed by atoms with Gasteiger partial charge in [0, 0.05) is 6.07 Å². The van der Waals surface area contributed by atoms with Crippen molar-refractivity contribution in [3.05, 3.63) is 107 Å². The van der Waals surface area contributed by atoms with E-state index in [2.05, 4.69) is 0 Å². The summed E-state index contributed by atoms with van der Waals surface area (Å²) in [6.45, 7) is 0. The van der Waals surface area contributed by atoms with Gasteiger partial charge in [-0.05, 0) is 36.4 Å². The number of nitro groups is 1. The number of fused-ring (bicyclic) bond motifs is 1. The molecule has 5 rings (SSSR count). The Bertz CT molecular complexity index is 1250. The number of rotatable bonds is 5. The normalized spacial score (nSPS) is 22.2. The summed E-state index contributed by atoms with van der Waals surface area (Å²) in [4.78, 5) is 44.7. The van der Waals surface area contributed by atoms with Crippen LogP contribution in [0.2, 0.25) is 0 Å². The molecule has 8 nitrogen and oxygen atoms in total. The van der Waals surface area contributed by atoms with E-state index in [0.29, 0.717) is 16.9 Å². The molecule has 2 heterocycles. The van der Waals surface area contributed by atoms with Crippen LogP contribution in [-0.4, -0.2) is 28.9 Å². The Kier molecular flexibility index (Phi) is 5.20. The molecule has 0 N–H and O–H groups in total. The zero-order chi connectivity index (χ0) is 22.9. The molecular formula is C25H19N3O5. The number of amides is 2. The fourth-order valence-corrected chi connectivity index (χ4v) is 4.28. The molecule has 3 atom stereocenters. The molecule has 8 heteroatoms. The second-order valence-electron chi connectivity index (χ2n) is 7.73. The standard InChI is InChI=1S/C25H19N3O5/c29-24-22-21(16-15-17-9-7-8-14-20(17)28(31)32)27(19-12-5-2-6-13-19)33-23(22)25(30)26(24)18-10-3-1-4-11-18/h1-16,21-23H/b16-15+/t21-,22+,23-/m1/s1. The molecule has 33 heavy (non-hydrogen) atoms. The number of hydrogen-bond donors (Lipinski definition) is 0. The lowest BCUT2D eigenvalue weighted by molar-refractivity contribution is -0.385. The first-order valence-corrected chi connectivity index (χ1v) is 10.4. The first-order chi connectivity index (χ1) is 16.1. The maximum Gasteiger partial charge on any atom is 0.276 e. The lowest BCUT2D eigenvalue weighted by Crippen LogP contribution is -2.39. The molecule has 164 valence electrons. The topological polar surface area (TPSA) is 93.0 Å². The highest BCUT2D eigenvalue weighted by atomic mass is 16.7. The summed E-state index contributed by atoms with van der Waals surface area (Å²) in [5.74, 6) is -1.59. The Labute approximate surface area is 189 Å². The number of benzene rings is 3. The van der Waals surface area contributed by atoms with Gasteiger partial charge in [0.15, 0.2) is 6.10 Å². The van der Waals surface area contributed by atoms with Crippen molar-refractivity contribution in [2.45, 2.75) is 12.1 Å². The highest BCUT2D eigenvalue weighted by Gasteiger charge is 2.59. The summed E-state index contributed by atoms with van der Waals surface area (Å²) in [6.07, 6.45) is 2.31. The van der Waals surface area contributed by atoms with Crippen LogP contribution in [0, 0.1) is 16.0 Å².